The summed E-state index contributed by atoms with van der Waals surface area (Å²) in [7, 11) is 0. The van der Waals surface area contributed by atoms with Crippen molar-refractivity contribution in [1.82, 2.24) is 20.6 Å². The van der Waals surface area contributed by atoms with Crippen LogP contribution in [0.5, 0.6) is 0 Å². The van der Waals surface area contributed by atoms with Gasteiger partial charge in [0.25, 0.3) is 5.91 Å². The van der Waals surface area contributed by atoms with Gasteiger partial charge in [-0.1, -0.05) is 11.6 Å². The van der Waals surface area contributed by atoms with Gasteiger partial charge < -0.3 is 20.1 Å². The number of amides is 3. The predicted molar refractivity (Wildman–Crippen MR) is 105 cm³/mol. The van der Waals surface area contributed by atoms with Crippen LogP contribution in [0.4, 0.5) is 21.2 Å². The highest BCUT2D eigenvalue weighted by molar-refractivity contribution is 6.32. The molecule has 1 aliphatic rings. The number of nitrogens with two attached hydrogens (primary N) is 1. The third kappa shape index (κ3) is 6.17. The number of hydrogen-bond acceptors (Lipinski definition) is 9. The van der Waals surface area contributed by atoms with E-state index in [2.05, 4.69) is 30.3 Å². The van der Waals surface area contributed by atoms with Gasteiger partial charge in [-0.15, -0.1) is 4.99 Å². The van der Waals surface area contributed by atoms with E-state index in [1.54, 1.807) is 13.8 Å². The van der Waals surface area contributed by atoms with Gasteiger partial charge in [-0.2, -0.15) is 0 Å². The van der Waals surface area contributed by atoms with Crippen LogP contribution in [-0.2, 0) is 9.47 Å². The van der Waals surface area contributed by atoms with E-state index in [0.717, 1.165) is 25.9 Å². The minimum absolute atomic E-state index is 0.00785. The molecule has 0 atom stereocenters. The summed E-state index contributed by atoms with van der Waals surface area (Å²) in [5, 5.41) is 4.34. The summed E-state index contributed by atoms with van der Waals surface area (Å²) >= 11 is 6.17. The Balaban J connectivity index is 2.22. The monoisotopic (exact) mass is 427 g/mol. The average Bonchev–Trinajstić information content (AvgIpc) is 3.17. The fraction of sp³-hybridized carbons (Fsp3) is 0.500. The van der Waals surface area contributed by atoms with E-state index in [1.165, 1.54) is 0 Å². The Labute approximate surface area is 171 Å². The van der Waals surface area contributed by atoms with Crippen molar-refractivity contribution >= 4 is 47.3 Å². The van der Waals surface area contributed by atoms with Crippen LogP contribution in [0.1, 0.15) is 37.2 Å². The molecule has 2 rings (SSSR count). The molecule has 0 saturated carbocycles. The first-order valence-corrected chi connectivity index (χ1v) is 9.32. The number of guanidine groups is 1. The van der Waals surface area contributed by atoms with Crippen LogP contribution in [0.25, 0.3) is 0 Å². The number of hydrogen-bond donors (Lipinski definition) is 3. The molecule has 3 amide bonds. The number of halogens is 1. The molecule has 2 heterocycles. The number of nitrogens with zero attached hydrogens (tertiary/aromatic N) is 4. The van der Waals surface area contributed by atoms with E-state index in [0.29, 0.717) is 5.82 Å². The largest absolute Gasteiger partial charge is 0.450 e. The van der Waals surface area contributed by atoms with Gasteiger partial charge in [0.05, 0.1) is 13.2 Å². The molecule has 0 radical (unpaired) electrons. The highest BCUT2D eigenvalue weighted by Gasteiger charge is 2.23. The lowest BCUT2D eigenvalue weighted by atomic mass is 10.3. The van der Waals surface area contributed by atoms with Gasteiger partial charge in [-0.3, -0.25) is 15.4 Å². The molecule has 0 bridgehead atoms. The molecule has 0 unspecified atom stereocenters. The quantitative estimate of drug-likeness (QED) is 0.474. The Morgan fingerprint density at radius 3 is 2.41 bits per heavy atom. The molecule has 1 aliphatic heterocycles. The second-order valence-corrected chi connectivity index (χ2v) is 6.08. The van der Waals surface area contributed by atoms with Gasteiger partial charge >= 0.3 is 12.2 Å². The summed E-state index contributed by atoms with van der Waals surface area (Å²) < 4.78 is 9.37. The number of anilines is 2. The molecule has 12 nitrogen and oxygen atoms in total. The molecule has 0 aromatic carbocycles. The fourth-order valence-corrected chi connectivity index (χ4v) is 2.73. The minimum atomic E-state index is -1.03. The van der Waals surface area contributed by atoms with E-state index < -0.39 is 24.1 Å². The van der Waals surface area contributed by atoms with Gasteiger partial charge in [0, 0.05) is 13.1 Å². The second-order valence-electron chi connectivity index (χ2n) is 5.72. The molecule has 0 aliphatic carbocycles. The zero-order valence-corrected chi connectivity index (χ0v) is 16.8. The van der Waals surface area contributed by atoms with Gasteiger partial charge in [-0.25, -0.2) is 19.6 Å². The van der Waals surface area contributed by atoms with Gasteiger partial charge in [0.2, 0.25) is 5.96 Å². The van der Waals surface area contributed by atoms with Crippen molar-refractivity contribution in [3.63, 3.8) is 0 Å². The molecular formula is C16H22ClN7O5. The SMILES string of the molecule is CCOC(=O)/N=C(\NC(=O)OCC)NC(=O)c1nc(Cl)c(N2CCCC2)nc1N. The van der Waals surface area contributed by atoms with Crippen molar-refractivity contribution < 1.29 is 23.9 Å². The van der Waals surface area contributed by atoms with Gasteiger partial charge in [0.15, 0.2) is 22.5 Å². The van der Waals surface area contributed by atoms with E-state index in [-0.39, 0.29) is 29.9 Å². The Morgan fingerprint density at radius 1 is 1.14 bits per heavy atom. The number of rotatable bonds is 4. The number of nitrogens with one attached hydrogen (secondary N) is 2. The first-order chi connectivity index (χ1) is 13.8. The molecule has 1 saturated heterocycles. The van der Waals surface area contributed by atoms with Crippen LogP contribution in [0, 0.1) is 0 Å². The highest BCUT2D eigenvalue weighted by atomic mass is 35.5. The van der Waals surface area contributed by atoms with Crippen molar-refractivity contribution in [1.29, 1.82) is 0 Å². The Bertz CT molecular complexity index is 811. The molecule has 13 heteroatoms. The number of nitrogen functional groups attached to an aromatic ring is 1. The van der Waals surface area contributed by atoms with Crippen LogP contribution < -0.4 is 21.3 Å². The number of aromatic nitrogens is 2. The van der Waals surface area contributed by atoms with Crippen LogP contribution in [-0.4, -0.2) is 60.3 Å². The second kappa shape index (κ2) is 10.4. The summed E-state index contributed by atoms with van der Waals surface area (Å²) in [5.41, 5.74) is 5.58. The number of ether oxygens (including phenoxy) is 2. The fourth-order valence-electron chi connectivity index (χ4n) is 2.48. The Morgan fingerprint density at radius 2 is 1.79 bits per heavy atom. The summed E-state index contributed by atoms with van der Waals surface area (Å²) in [6, 6.07) is 0. The Hall–Kier alpha value is -3.15. The van der Waals surface area contributed by atoms with Crippen molar-refractivity contribution in [3.05, 3.63) is 10.8 Å². The summed E-state index contributed by atoms with van der Waals surface area (Å²) in [6.45, 7) is 4.80. The molecule has 158 valence electrons. The lowest BCUT2D eigenvalue weighted by Gasteiger charge is -2.18. The maximum Gasteiger partial charge on any atom is 0.436 e. The predicted octanol–water partition coefficient (Wildman–Crippen LogP) is 1.30. The summed E-state index contributed by atoms with van der Waals surface area (Å²) in [6.07, 6.45) is 0.0270. The van der Waals surface area contributed by atoms with E-state index in [1.807, 2.05) is 4.90 Å². The van der Waals surface area contributed by atoms with Crippen LogP contribution in [0.15, 0.2) is 4.99 Å². The molecule has 4 N–H and O–H groups in total. The average molecular weight is 428 g/mol. The topological polar surface area (TPSA) is 161 Å². The third-order valence-electron chi connectivity index (χ3n) is 3.68. The maximum atomic E-state index is 12.5. The van der Waals surface area contributed by atoms with Crippen molar-refractivity contribution in [2.75, 3.05) is 36.9 Å². The number of carbonyl (C=O) groups is 3. The molecule has 1 aromatic rings. The lowest BCUT2D eigenvalue weighted by molar-refractivity contribution is 0.0971. The standard InChI is InChI=1S/C16H22ClN7O5/c1-3-28-15(26)22-14(23-16(27)29-4-2)21-13(25)9-11(18)20-12(10(17)19-9)24-7-5-6-8-24/h3-8H2,1-2H3,(H2,18,20)(H2,21,22,23,25,26,27). The molecule has 1 fully saturated rings. The smallest absolute Gasteiger partial charge is 0.436 e. The van der Waals surface area contributed by atoms with Gasteiger partial charge in [-0.05, 0) is 26.7 Å². The van der Waals surface area contributed by atoms with Crippen molar-refractivity contribution in [2.24, 2.45) is 4.99 Å². The molecule has 29 heavy (non-hydrogen) atoms. The van der Waals surface area contributed by atoms with Crippen LogP contribution >= 0.6 is 11.6 Å². The first kappa shape index (κ1) is 22.1. The number of aliphatic imine (C=N–C) groups is 1. The van der Waals surface area contributed by atoms with Gasteiger partial charge in [0.1, 0.15) is 0 Å². The number of carbonyl (C=O) groups excluding carboxylic acids is 3. The third-order valence-corrected chi connectivity index (χ3v) is 3.94. The summed E-state index contributed by atoms with van der Waals surface area (Å²) in [4.78, 5) is 49.3. The number of alkyl carbamates (subject to hydrolysis) is 1. The van der Waals surface area contributed by atoms with Crippen LogP contribution in [0.2, 0.25) is 5.15 Å². The van der Waals surface area contributed by atoms with E-state index in [9.17, 15) is 14.4 Å². The zero-order valence-electron chi connectivity index (χ0n) is 16.0. The molecular weight excluding hydrogens is 406 g/mol. The van der Waals surface area contributed by atoms with E-state index in [4.69, 9.17) is 22.1 Å². The van der Waals surface area contributed by atoms with Crippen molar-refractivity contribution in [3.8, 4) is 0 Å². The zero-order chi connectivity index (χ0) is 21.4. The van der Waals surface area contributed by atoms with Crippen molar-refractivity contribution in [2.45, 2.75) is 26.7 Å². The minimum Gasteiger partial charge on any atom is -0.450 e. The molecule has 0 spiro atoms. The Kier molecular flexibility index (Phi) is 7.95. The first-order valence-electron chi connectivity index (χ1n) is 8.94. The lowest BCUT2D eigenvalue weighted by Crippen LogP contribution is -2.45. The van der Waals surface area contributed by atoms with E-state index >= 15 is 0 Å². The maximum absolute atomic E-state index is 12.5. The normalized spacial score (nSPS) is 13.8. The van der Waals surface area contributed by atoms with Crippen LogP contribution in [0.3, 0.4) is 0 Å². The summed E-state index contributed by atoms with van der Waals surface area (Å²) in [5.74, 6) is -1.18. The highest BCUT2D eigenvalue weighted by Crippen LogP contribution is 2.27. The molecule has 1 aromatic heterocycles.